The van der Waals surface area contributed by atoms with Gasteiger partial charge in [0.25, 0.3) is 5.56 Å². The molecule has 0 aliphatic rings. The first-order valence-electron chi connectivity index (χ1n) is 4.87. The highest BCUT2D eigenvalue weighted by molar-refractivity contribution is 14.1. The smallest absolute Gasteiger partial charge is 0.316 e. The Morgan fingerprint density at radius 2 is 2.24 bits per heavy atom. The van der Waals surface area contributed by atoms with Crippen LogP contribution in [0.15, 0.2) is 16.1 Å². The highest BCUT2D eigenvalue weighted by atomic mass is 127. The van der Waals surface area contributed by atoms with Gasteiger partial charge in [-0.15, -0.1) is 0 Å². The summed E-state index contributed by atoms with van der Waals surface area (Å²) < 4.78 is 5.64. The number of carbonyl (C=O) groups is 1. The van der Waals surface area contributed by atoms with Crippen LogP contribution in [0.25, 0.3) is 0 Å². The fourth-order valence-corrected chi connectivity index (χ4v) is 2.39. The molecule has 1 N–H and O–H groups in total. The maximum Gasteiger partial charge on any atom is 0.316 e. The number of H-pyrrole nitrogens is 1. The van der Waals surface area contributed by atoms with Crippen LogP contribution < -0.4 is 5.56 Å². The average Bonchev–Trinajstić information content (AvgIpc) is 2.18. The molecule has 0 saturated carbocycles. The van der Waals surface area contributed by atoms with E-state index in [1.807, 2.05) is 43.4 Å². The van der Waals surface area contributed by atoms with Gasteiger partial charge in [0, 0.05) is 0 Å². The van der Waals surface area contributed by atoms with Crippen molar-refractivity contribution in [3.63, 3.8) is 0 Å². The highest BCUT2D eigenvalue weighted by Gasteiger charge is 2.17. The minimum Gasteiger partial charge on any atom is -0.459 e. The number of carbonyl (C=O) groups excluding carboxylic acids is 1. The Hall–Kier alpha value is -0.570. The fourth-order valence-electron chi connectivity index (χ4n) is 0.966. The summed E-state index contributed by atoms with van der Waals surface area (Å²) >= 11 is 3.10. The van der Waals surface area contributed by atoms with Crippen LogP contribution >= 0.6 is 34.4 Å². The number of ether oxygens (including phenoxy) is 1. The summed E-state index contributed by atoms with van der Waals surface area (Å²) in [5.41, 5.74) is -0.695. The molecular formula is C10H13IN2O3S. The van der Waals surface area contributed by atoms with Gasteiger partial charge in [-0.2, -0.15) is 0 Å². The van der Waals surface area contributed by atoms with Crippen molar-refractivity contribution in [2.45, 2.75) is 31.4 Å². The van der Waals surface area contributed by atoms with E-state index in [2.05, 4.69) is 9.97 Å². The summed E-state index contributed by atoms with van der Waals surface area (Å²) in [6.45, 7) is 5.43. The zero-order valence-electron chi connectivity index (χ0n) is 9.74. The van der Waals surface area contributed by atoms with E-state index in [0.717, 1.165) is 0 Å². The Bertz CT molecular complexity index is 467. The molecule has 0 amide bonds. The van der Waals surface area contributed by atoms with Gasteiger partial charge in [-0.1, -0.05) is 11.8 Å². The molecule has 0 radical (unpaired) electrons. The minimum atomic E-state index is -0.494. The molecule has 0 saturated heterocycles. The van der Waals surface area contributed by atoms with E-state index < -0.39 is 5.60 Å². The van der Waals surface area contributed by atoms with Gasteiger partial charge >= 0.3 is 5.97 Å². The molecule has 1 rings (SSSR count). The summed E-state index contributed by atoms with van der Waals surface area (Å²) in [4.78, 5) is 29.2. The number of hydrogen-bond acceptors (Lipinski definition) is 5. The van der Waals surface area contributed by atoms with E-state index in [0.29, 0.717) is 8.60 Å². The second kappa shape index (κ2) is 5.85. The van der Waals surface area contributed by atoms with Crippen LogP contribution in [0.1, 0.15) is 20.8 Å². The average molecular weight is 368 g/mol. The summed E-state index contributed by atoms with van der Waals surface area (Å²) in [6.07, 6.45) is 1.32. The van der Waals surface area contributed by atoms with Gasteiger partial charge in [0.1, 0.15) is 14.2 Å². The largest absolute Gasteiger partial charge is 0.459 e. The topological polar surface area (TPSA) is 72.0 Å². The predicted octanol–water partition coefficient (Wildman–Crippen LogP) is 1.81. The number of halogens is 1. The first kappa shape index (κ1) is 14.5. The van der Waals surface area contributed by atoms with Crippen LogP contribution in [0, 0.1) is 3.57 Å². The summed E-state index contributed by atoms with van der Waals surface area (Å²) in [5, 5.41) is 0.542. The second-order valence-electron chi connectivity index (χ2n) is 4.23. The van der Waals surface area contributed by atoms with Crippen LogP contribution in [0.4, 0.5) is 0 Å². The SMILES string of the molecule is CC(C)(C)OC(=O)CSc1nc[nH]c(=O)c1I. The van der Waals surface area contributed by atoms with Gasteiger partial charge < -0.3 is 9.72 Å². The number of nitrogens with zero attached hydrogens (tertiary/aromatic N) is 1. The van der Waals surface area contributed by atoms with Crippen molar-refractivity contribution in [3.05, 3.63) is 20.3 Å². The highest BCUT2D eigenvalue weighted by Crippen LogP contribution is 2.19. The number of aromatic nitrogens is 2. The van der Waals surface area contributed by atoms with Crippen molar-refractivity contribution in [2.24, 2.45) is 0 Å². The lowest BCUT2D eigenvalue weighted by molar-refractivity contribution is -0.151. The number of nitrogens with one attached hydrogen (secondary N) is 1. The van der Waals surface area contributed by atoms with Crippen LogP contribution in [0.2, 0.25) is 0 Å². The summed E-state index contributed by atoms with van der Waals surface area (Å²) in [5.74, 6) is -0.177. The van der Waals surface area contributed by atoms with Crippen molar-refractivity contribution in [1.29, 1.82) is 0 Å². The van der Waals surface area contributed by atoms with Crippen LogP contribution in [-0.2, 0) is 9.53 Å². The fraction of sp³-hybridized carbons (Fsp3) is 0.500. The molecule has 94 valence electrons. The van der Waals surface area contributed by atoms with Crippen molar-refractivity contribution in [2.75, 3.05) is 5.75 Å². The third-order valence-electron chi connectivity index (χ3n) is 1.51. The maximum atomic E-state index is 11.5. The molecule has 0 aliphatic heterocycles. The van der Waals surface area contributed by atoms with Crippen molar-refractivity contribution < 1.29 is 9.53 Å². The number of aromatic amines is 1. The van der Waals surface area contributed by atoms with Gasteiger partial charge in [0.2, 0.25) is 0 Å². The van der Waals surface area contributed by atoms with Gasteiger partial charge in [-0.25, -0.2) is 4.98 Å². The van der Waals surface area contributed by atoms with Crippen molar-refractivity contribution in [1.82, 2.24) is 9.97 Å². The summed E-state index contributed by atoms with van der Waals surface area (Å²) in [6, 6.07) is 0. The molecule has 0 aromatic carbocycles. The molecule has 1 heterocycles. The van der Waals surface area contributed by atoms with Crippen LogP contribution in [0.5, 0.6) is 0 Å². The molecule has 0 spiro atoms. The molecule has 0 fully saturated rings. The third kappa shape index (κ3) is 5.07. The molecule has 1 aromatic rings. The van der Waals surface area contributed by atoms with E-state index in [-0.39, 0.29) is 17.3 Å². The van der Waals surface area contributed by atoms with E-state index >= 15 is 0 Å². The van der Waals surface area contributed by atoms with Gasteiger partial charge in [0.05, 0.1) is 12.1 Å². The lowest BCUT2D eigenvalue weighted by Gasteiger charge is -2.19. The Morgan fingerprint density at radius 3 is 2.82 bits per heavy atom. The third-order valence-corrected chi connectivity index (χ3v) is 3.84. The molecule has 0 atom stereocenters. The molecule has 1 aromatic heterocycles. The van der Waals surface area contributed by atoms with E-state index in [1.165, 1.54) is 18.1 Å². The number of esters is 1. The Labute approximate surface area is 117 Å². The minimum absolute atomic E-state index is 0.143. The lowest BCUT2D eigenvalue weighted by atomic mass is 10.2. The molecule has 0 unspecified atom stereocenters. The lowest BCUT2D eigenvalue weighted by Crippen LogP contribution is -2.25. The first-order chi connectivity index (χ1) is 7.79. The molecule has 5 nitrogen and oxygen atoms in total. The monoisotopic (exact) mass is 368 g/mol. The Kier molecular flexibility index (Phi) is 4.99. The van der Waals surface area contributed by atoms with Crippen LogP contribution in [-0.4, -0.2) is 27.3 Å². The Morgan fingerprint density at radius 1 is 1.59 bits per heavy atom. The Balaban J connectivity index is 2.60. The number of thioether (sulfide) groups is 1. The molecular weight excluding hydrogens is 355 g/mol. The molecule has 0 aliphatic carbocycles. The second-order valence-corrected chi connectivity index (χ2v) is 6.27. The molecule has 7 heteroatoms. The van der Waals surface area contributed by atoms with Crippen molar-refractivity contribution in [3.8, 4) is 0 Å². The standard InChI is InChI=1S/C10H13IN2O3S/c1-10(2,3)16-6(14)4-17-9-7(11)8(15)12-5-13-9/h5H,4H2,1-3H3,(H,12,13,15). The van der Waals surface area contributed by atoms with E-state index in [1.54, 1.807) is 0 Å². The zero-order valence-corrected chi connectivity index (χ0v) is 12.7. The van der Waals surface area contributed by atoms with E-state index in [9.17, 15) is 9.59 Å². The first-order valence-corrected chi connectivity index (χ1v) is 6.94. The predicted molar refractivity (Wildman–Crippen MR) is 74.1 cm³/mol. The van der Waals surface area contributed by atoms with E-state index in [4.69, 9.17) is 4.74 Å². The number of rotatable bonds is 3. The van der Waals surface area contributed by atoms with Crippen molar-refractivity contribution >= 4 is 40.3 Å². The number of hydrogen-bond donors (Lipinski definition) is 1. The normalized spacial score (nSPS) is 11.3. The van der Waals surface area contributed by atoms with Gasteiger partial charge in [-0.3, -0.25) is 9.59 Å². The zero-order chi connectivity index (χ0) is 13.1. The quantitative estimate of drug-likeness (QED) is 0.381. The summed E-state index contributed by atoms with van der Waals surface area (Å²) in [7, 11) is 0. The molecule has 0 bridgehead atoms. The maximum absolute atomic E-state index is 11.5. The van der Waals surface area contributed by atoms with Crippen LogP contribution in [0.3, 0.4) is 0 Å². The molecule has 17 heavy (non-hydrogen) atoms. The van der Waals surface area contributed by atoms with Gasteiger partial charge in [0.15, 0.2) is 0 Å². The van der Waals surface area contributed by atoms with Gasteiger partial charge in [-0.05, 0) is 43.4 Å².